The molecule has 29 heavy (non-hydrogen) atoms. The van der Waals surface area contributed by atoms with Crippen LogP contribution in [-0.2, 0) is 11.2 Å². The van der Waals surface area contributed by atoms with Crippen LogP contribution in [0, 0.1) is 13.8 Å². The first-order valence-electron chi connectivity index (χ1n) is 9.24. The Morgan fingerprint density at radius 3 is 2.62 bits per heavy atom. The summed E-state index contributed by atoms with van der Waals surface area (Å²) < 4.78 is 10.7. The van der Waals surface area contributed by atoms with Gasteiger partial charge < -0.3 is 19.8 Å². The molecule has 2 aromatic heterocycles. The first-order chi connectivity index (χ1) is 13.9. The van der Waals surface area contributed by atoms with Crippen LogP contribution >= 0.6 is 0 Å². The molecule has 1 amide bonds. The van der Waals surface area contributed by atoms with Gasteiger partial charge >= 0.3 is 5.97 Å². The number of nitrogens with one attached hydrogen (secondary N) is 2. The number of ether oxygens (including phenoxy) is 2. The molecule has 3 rings (SSSR count). The summed E-state index contributed by atoms with van der Waals surface area (Å²) in [5.74, 6) is 0.528. The second-order valence-corrected chi connectivity index (χ2v) is 6.55. The molecule has 0 aliphatic heterocycles. The molecule has 7 heteroatoms. The van der Waals surface area contributed by atoms with E-state index in [0.29, 0.717) is 46.1 Å². The Hall–Kier alpha value is -3.61. The molecule has 0 atom stereocenters. The Labute approximate surface area is 169 Å². The van der Waals surface area contributed by atoms with E-state index in [4.69, 9.17) is 9.47 Å². The van der Waals surface area contributed by atoms with Crippen molar-refractivity contribution in [2.75, 3.05) is 12.4 Å². The number of hydrogen-bond acceptors (Lipinski definition) is 5. The highest BCUT2D eigenvalue weighted by Crippen LogP contribution is 2.27. The van der Waals surface area contributed by atoms with Crippen molar-refractivity contribution in [3.05, 3.63) is 70.8 Å². The lowest BCUT2D eigenvalue weighted by atomic mass is 10.1. The van der Waals surface area contributed by atoms with Crippen molar-refractivity contribution in [1.82, 2.24) is 9.97 Å². The summed E-state index contributed by atoms with van der Waals surface area (Å²) in [6.45, 7) is 5.53. The van der Waals surface area contributed by atoms with Gasteiger partial charge in [-0.1, -0.05) is 6.92 Å². The number of H-pyrrole nitrogens is 1. The number of pyridine rings is 1. The van der Waals surface area contributed by atoms with Crippen LogP contribution in [-0.4, -0.2) is 29.0 Å². The maximum atomic E-state index is 12.8. The SMILES string of the molecule is CCc1[nH]c(C(=O)Nc2ccc(Oc3cccnc3)c(C)c2)c(C)c1C(=O)OC. The summed E-state index contributed by atoms with van der Waals surface area (Å²) in [6.07, 6.45) is 3.89. The molecule has 2 heterocycles. The van der Waals surface area contributed by atoms with Crippen LogP contribution < -0.4 is 10.1 Å². The number of aryl methyl sites for hydroxylation is 2. The first-order valence-corrected chi connectivity index (χ1v) is 9.24. The van der Waals surface area contributed by atoms with Gasteiger partial charge in [-0.2, -0.15) is 0 Å². The van der Waals surface area contributed by atoms with Gasteiger partial charge in [-0.3, -0.25) is 9.78 Å². The van der Waals surface area contributed by atoms with Crippen LogP contribution in [0.2, 0.25) is 0 Å². The molecular weight excluding hydrogens is 370 g/mol. The number of methoxy groups -OCH3 is 1. The average molecular weight is 393 g/mol. The van der Waals surface area contributed by atoms with E-state index in [9.17, 15) is 9.59 Å². The maximum Gasteiger partial charge on any atom is 0.339 e. The van der Waals surface area contributed by atoms with E-state index in [-0.39, 0.29) is 5.91 Å². The van der Waals surface area contributed by atoms with Gasteiger partial charge in [0.2, 0.25) is 0 Å². The van der Waals surface area contributed by atoms with Crippen molar-refractivity contribution < 1.29 is 19.1 Å². The van der Waals surface area contributed by atoms with E-state index < -0.39 is 5.97 Å². The van der Waals surface area contributed by atoms with Crippen molar-refractivity contribution in [2.24, 2.45) is 0 Å². The predicted octanol–water partition coefficient (Wildman–Crippen LogP) is 4.42. The summed E-state index contributed by atoms with van der Waals surface area (Å²) in [5, 5.41) is 2.86. The molecule has 0 spiro atoms. The van der Waals surface area contributed by atoms with Gasteiger partial charge in [-0.05, 0) is 61.7 Å². The number of benzene rings is 1. The topological polar surface area (TPSA) is 93.3 Å². The molecule has 0 saturated heterocycles. The number of rotatable bonds is 6. The molecule has 0 radical (unpaired) electrons. The molecule has 150 valence electrons. The van der Waals surface area contributed by atoms with Crippen LogP contribution in [0.25, 0.3) is 0 Å². The number of aromatic amines is 1. The summed E-state index contributed by atoms with van der Waals surface area (Å²) in [4.78, 5) is 31.9. The minimum Gasteiger partial charge on any atom is -0.465 e. The van der Waals surface area contributed by atoms with Crippen LogP contribution in [0.1, 0.15) is 44.6 Å². The average Bonchev–Trinajstić information content (AvgIpc) is 3.06. The standard InChI is InChI=1S/C22H23N3O4/c1-5-17-19(22(27)28-4)14(3)20(25-17)21(26)24-15-8-9-18(13(2)11-15)29-16-7-6-10-23-12-16/h6-12,25H,5H2,1-4H3,(H,24,26). The fourth-order valence-corrected chi connectivity index (χ4v) is 3.10. The van der Waals surface area contributed by atoms with E-state index in [0.717, 1.165) is 5.56 Å². The summed E-state index contributed by atoms with van der Waals surface area (Å²) in [6, 6.07) is 8.99. The van der Waals surface area contributed by atoms with Crippen molar-refractivity contribution >= 4 is 17.6 Å². The zero-order chi connectivity index (χ0) is 21.0. The third-order valence-electron chi connectivity index (χ3n) is 4.59. The number of esters is 1. The molecule has 2 N–H and O–H groups in total. The lowest BCUT2D eigenvalue weighted by Crippen LogP contribution is -2.14. The number of carbonyl (C=O) groups is 2. The maximum absolute atomic E-state index is 12.8. The molecule has 0 aliphatic rings. The highest BCUT2D eigenvalue weighted by atomic mass is 16.5. The van der Waals surface area contributed by atoms with E-state index in [1.54, 1.807) is 37.5 Å². The highest BCUT2D eigenvalue weighted by molar-refractivity contribution is 6.06. The third kappa shape index (κ3) is 4.29. The Morgan fingerprint density at radius 2 is 2.00 bits per heavy atom. The van der Waals surface area contributed by atoms with Gasteiger partial charge in [-0.15, -0.1) is 0 Å². The van der Waals surface area contributed by atoms with Crippen molar-refractivity contribution in [3.8, 4) is 11.5 Å². The number of amides is 1. The van der Waals surface area contributed by atoms with E-state index in [1.165, 1.54) is 7.11 Å². The van der Waals surface area contributed by atoms with E-state index >= 15 is 0 Å². The van der Waals surface area contributed by atoms with Crippen LogP contribution in [0.15, 0.2) is 42.7 Å². The van der Waals surface area contributed by atoms with Gasteiger partial charge in [-0.25, -0.2) is 4.79 Å². The molecule has 0 aliphatic carbocycles. The Balaban J connectivity index is 1.80. The second-order valence-electron chi connectivity index (χ2n) is 6.55. The van der Waals surface area contributed by atoms with Gasteiger partial charge in [0, 0.05) is 17.6 Å². The Bertz CT molecular complexity index is 1040. The van der Waals surface area contributed by atoms with Crippen LogP contribution in [0.4, 0.5) is 5.69 Å². The van der Waals surface area contributed by atoms with E-state index in [1.807, 2.05) is 26.0 Å². The summed E-state index contributed by atoms with van der Waals surface area (Å²) in [5.41, 5.74) is 3.49. The normalized spacial score (nSPS) is 10.5. The summed E-state index contributed by atoms with van der Waals surface area (Å²) >= 11 is 0. The Morgan fingerprint density at radius 1 is 1.21 bits per heavy atom. The number of hydrogen-bond donors (Lipinski definition) is 2. The number of anilines is 1. The van der Waals surface area contributed by atoms with Crippen molar-refractivity contribution in [3.63, 3.8) is 0 Å². The first kappa shape index (κ1) is 20.1. The minimum absolute atomic E-state index is 0.326. The molecule has 0 saturated carbocycles. The lowest BCUT2D eigenvalue weighted by Gasteiger charge is -2.11. The van der Waals surface area contributed by atoms with Gasteiger partial charge in [0.05, 0.1) is 18.9 Å². The van der Waals surface area contributed by atoms with Gasteiger partial charge in [0.1, 0.15) is 17.2 Å². The van der Waals surface area contributed by atoms with Crippen LogP contribution in [0.3, 0.4) is 0 Å². The lowest BCUT2D eigenvalue weighted by molar-refractivity contribution is 0.0599. The molecule has 1 aromatic carbocycles. The largest absolute Gasteiger partial charge is 0.465 e. The molecular formula is C22H23N3O4. The second kappa shape index (κ2) is 8.60. The van der Waals surface area contributed by atoms with Crippen molar-refractivity contribution in [2.45, 2.75) is 27.2 Å². The molecule has 3 aromatic rings. The highest BCUT2D eigenvalue weighted by Gasteiger charge is 2.23. The fraction of sp³-hybridized carbons (Fsp3) is 0.227. The van der Waals surface area contributed by atoms with Gasteiger partial charge in [0.25, 0.3) is 5.91 Å². The zero-order valence-electron chi connectivity index (χ0n) is 16.8. The number of carbonyl (C=O) groups excluding carboxylic acids is 2. The smallest absolute Gasteiger partial charge is 0.339 e. The zero-order valence-corrected chi connectivity index (χ0v) is 16.8. The van der Waals surface area contributed by atoms with Crippen LogP contribution in [0.5, 0.6) is 11.5 Å². The predicted molar refractivity (Wildman–Crippen MR) is 110 cm³/mol. The molecule has 0 bridgehead atoms. The van der Waals surface area contributed by atoms with Gasteiger partial charge in [0.15, 0.2) is 0 Å². The third-order valence-corrected chi connectivity index (χ3v) is 4.59. The molecule has 0 unspecified atom stereocenters. The molecule has 7 nitrogen and oxygen atoms in total. The fourth-order valence-electron chi connectivity index (χ4n) is 3.10. The minimum atomic E-state index is -0.456. The molecule has 0 fully saturated rings. The number of nitrogens with zero attached hydrogens (tertiary/aromatic N) is 1. The quantitative estimate of drug-likeness (QED) is 0.605. The number of aromatic nitrogens is 2. The monoisotopic (exact) mass is 393 g/mol. The summed E-state index contributed by atoms with van der Waals surface area (Å²) in [7, 11) is 1.33. The van der Waals surface area contributed by atoms with Crippen molar-refractivity contribution in [1.29, 1.82) is 0 Å². The van der Waals surface area contributed by atoms with E-state index in [2.05, 4.69) is 15.3 Å². The Kier molecular flexibility index (Phi) is 5.97.